The minimum Gasteiger partial charge on any atom is -0.373 e. The van der Waals surface area contributed by atoms with Gasteiger partial charge in [0.1, 0.15) is 0 Å². The summed E-state index contributed by atoms with van der Waals surface area (Å²) in [5.74, 6) is 0. The zero-order chi connectivity index (χ0) is 2.71. The zero-order valence-electron chi connectivity index (χ0n) is 1.75. The van der Waals surface area contributed by atoms with Crippen molar-refractivity contribution in [3.05, 3.63) is 16.0 Å². The van der Waals surface area contributed by atoms with E-state index in [9.17, 15) is 0 Å². The quantitative estimate of drug-likeness (QED) is 0.334. The summed E-state index contributed by atoms with van der Waals surface area (Å²) >= 11 is 0. The summed E-state index contributed by atoms with van der Waals surface area (Å²) in [6, 6.07) is 0. The predicted molar refractivity (Wildman–Crippen MR) is 10.1 cm³/mol. The molecule has 4 heteroatoms. The van der Waals surface area contributed by atoms with Gasteiger partial charge in [0.15, 0.2) is 0 Å². The molecule has 0 heterocycles. The molecule has 0 fully saturated rings. The molecule has 0 aromatic rings. The molecule has 0 radical (unpaired) electrons. The van der Waals surface area contributed by atoms with E-state index in [4.69, 9.17) is 11.1 Å². The molecule has 0 atom stereocenters. The van der Waals surface area contributed by atoms with Gasteiger partial charge in [-0.15, -0.1) is 0 Å². The summed E-state index contributed by atoms with van der Waals surface area (Å²) in [5.41, 5.74) is 13.5. The number of rotatable bonds is 0. The Hall–Kier alpha value is -0.00169. The van der Waals surface area contributed by atoms with Gasteiger partial charge in [0.25, 0.3) is 0 Å². The van der Waals surface area contributed by atoms with Crippen LogP contribution in [0.3, 0.4) is 0 Å². The Labute approximate surface area is 37.7 Å². The van der Waals surface area contributed by atoms with Crippen molar-refractivity contribution in [3.8, 4) is 0 Å². The molecule has 3 nitrogen and oxygen atoms in total. The topological polar surface area (TPSA) is 58.7 Å². The Morgan fingerprint density at radius 1 is 1.25 bits per heavy atom. The van der Waals surface area contributed by atoms with Crippen LogP contribution in [0.25, 0.3) is 16.0 Å². The van der Waals surface area contributed by atoms with E-state index >= 15 is 0 Å². The van der Waals surface area contributed by atoms with E-state index < -0.39 is 0 Å². The second kappa shape index (κ2) is 12.0. The van der Waals surface area contributed by atoms with Crippen LogP contribution in [0.5, 0.6) is 0 Å². The first kappa shape index (κ1) is 9.00. The summed E-state index contributed by atoms with van der Waals surface area (Å²) in [7, 11) is 0. The van der Waals surface area contributed by atoms with Gasteiger partial charge in [0.2, 0.25) is 0 Å². The van der Waals surface area contributed by atoms with E-state index in [1.807, 2.05) is 0 Å². The Balaban J connectivity index is 0. The second-order valence-electron chi connectivity index (χ2n) is 0.0894. The van der Waals surface area contributed by atoms with E-state index in [0.29, 0.717) is 0 Å². The van der Waals surface area contributed by atoms with Crippen LogP contribution < -0.4 is 0 Å². The van der Waals surface area contributed by atoms with E-state index in [-0.39, 0.29) is 21.1 Å². The molecule has 0 aromatic carbocycles. The van der Waals surface area contributed by atoms with Crippen molar-refractivity contribution >= 4 is 0 Å². The summed E-state index contributed by atoms with van der Waals surface area (Å²) in [6.07, 6.45) is 0. The fourth-order valence-corrected chi connectivity index (χ4v) is 0. The van der Waals surface area contributed by atoms with Crippen LogP contribution in [0.2, 0.25) is 0 Å². The second-order valence-corrected chi connectivity index (χ2v) is 0.0894. The number of nitrogens with zero attached hydrogens (tertiary/aromatic N) is 3. The van der Waals surface area contributed by atoms with Gasteiger partial charge in [-0.3, -0.25) is 4.91 Å². The van der Waals surface area contributed by atoms with Gasteiger partial charge >= 0.3 is 0 Å². The molecule has 0 bridgehead atoms. The maximum absolute atomic E-state index is 6.75. The molecule has 0 aromatic heterocycles. The van der Waals surface area contributed by atoms with Crippen LogP contribution in [0.15, 0.2) is 0 Å². The first-order valence-electron chi connectivity index (χ1n) is 0.400. The van der Waals surface area contributed by atoms with Gasteiger partial charge in [-0.05, 0) is 0 Å². The molecule has 0 aliphatic carbocycles. The molecule has 0 spiro atoms. The number of hydrogen-bond acceptors (Lipinski definition) is 0. The van der Waals surface area contributed by atoms with Crippen LogP contribution in [-0.2, 0) is 21.1 Å². The Morgan fingerprint density at radius 2 is 1.25 bits per heavy atom. The van der Waals surface area contributed by atoms with Crippen molar-refractivity contribution in [2.24, 2.45) is 0 Å². The van der Waals surface area contributed by atoms with Crippen molar-refractivity contribution in [2.45, 2.75) is 0 Å². The van der Waals surface area contributed by atoms with E-state index in [0.717, 1.165) is 0 Å². The summed E-state index contributed by atoms with van der Waals surface area (Å²) in [6.45, 7) is 0. The SMILES string of the molecule is [N-]=[N+]=[N-].[W]. The molecule has 0 saturated heterocycles. The minimum atomic E-state index is 0. The first-order valence-corrected chi connectivity index (χ1v) is 0.400. The van der Waals surface area contributed by atoms with Gasteiger partial charge in [-0.2, -0.15) is 0 Å². The molecule has 0 unspecified atom stereocenters. The van der Waals surface area contributed by atoms with Gasteiger partial charge in [0.05, 0.1) is 0 Å². The fourth-order valence-electron chi connectivity index (χ4n) is 0. The average Bonchev–Trinajstić information content (AvgIpc) is 0.918. The van der Waals surface area contributed by atoms with Crippen LogP contribution >= 0.6 is 0 Å². The van der Waals surface area contributed by atoms with E-state index in [1.54, 1.807) is 0 Å². The molecule has 0 aliphatic rings. The zero-order valence-corrected chi connectivity index (χ0v) is 4.68. The normalized spacial score (nSPS) is 2.00. The Morgan fingerprint density at radius 3 is 1.25 bits per heavy atom. The van der Waals surface area contributed by atoms with Crippen molar-refractivity contribution in [1.29, 1.82) is 0 Å². The van der Waals surface area contributed by atoms with Crippen LogP contribution in [-0.4, -0.2) is 0 Å². The molecule has 0 rings (SSSR count). The summed E-state index contributed by atoms with van der Waals surface area (Å²) < 4.78 is 0. The molecule has 0 saturated carbocycles. The average molecular weight is 226 g/mol. The largest absolute Gasteiger partial charge is 0.373 e. The van der Waals surface area contributed by atoms with Crippen LogP contribution in [0.4, 0.5) is 0 Å². The third-order valence-corrected chi connectivity index (χ3v) is 0. The number of hydrogen-bond donors (Lipinski definition) is 0. The molecule has 4 heavy (non-hydrogen) atoms. The fraction of sp³-hybridized carbons (Fsp3) is 0. The van der Waals surface area contributed by atoms with Crippen molar-refractivity contribution in [1.82, 2.24) is 0 Å². The van der Waals surface area contributed by atoms with Gasteiger partial charge in [-0.25, -0.2) is 0 Å². The minimum absolute atomic E-state index is 0. The maximum atomic E-state index is 6.75. The van der Waals surface area contributed by atoms with Gasteiger partial charge in [-0.1, -0.05) is 0 Å². The van der Waals surface area contributed by atoms with Crippen molar-refractivity contribution < 1.29 is 21.1 Å². The van der Waals surface area contributed by atoms with Gasteiger partial charge in [0, 0.05) is 21.1 Å². The van der Waals surface area contributed by atoms with Crippen molar-refractivity contribution in [3.63, 3.8) is 0 Å². The molecular weight excluding hydrogens is 226 g/mol. The van der Waals surface area contributed by atoms with E-state index in [1.165, 1.54) is 4.91 Å². The monoisotopic (exact) mass is 226 g/mol. The maximum Gasteiger partial charge on any atom is 0 e. The third kappa shape index (κ3) is 699000. The van der Waals surface area contributed by atoms with Crippen molar-refractivity contribution in [2.75, 3.05) is 0 Å². The Bertz CT molecular complexity index is 24.3. The molecule has 0 N–H and O–H groups in total. The molecule has 0 amide bonds. The summed E-state index contributed by atoms with van der Waals surface area (Å²) in [4.78, 5) is 1.50. The van der Waals surface area contributed by atoms with Crippen LogP contribution in [0, 0.1) is 0 Å². The smallest absolute Gasteiger partial charge is 0 e. The first-order chi connectivity index (χ1) is 1.41. The van der Waals surface area contributed by atoms with Crippen LogP contribution in [0.1, 0.15) is 0 Å². The molecule has 0 aliphatic heterocycles. The molecular formula is N3W-. The van der Waals surface area contributed by atoms with E-state index in [2.05, 4.69) is 0 Å². The predicted octanol–water partition coefficient (Wildman–Crippen LogP) is 0.864. The Kier molecular flexibility index (Phi) is 27.0. The van der Waals surface area contributed by atoms with Gasteiger partial charge < -0.3 is 11.1 Å². The summed E-state index contributed by atoms with van der Waals surface area (Å²) in [5, 5.41) is 0. The standard InChI is InChI=1S/N3.W/c1-3-2;/q-1;. The third-order valence-electron chi connectivity index (χ3n) is 0. The molecule has 22 valence electrons.